The molecular weight excluding hydrogens is 362 g/mol. The predicted octanol–water partition coefficient (Wildman–Crippen LogP) is 2.56. The molecule has 0 N–H and O–H groups in total. The molecule has 3 rings (SSSR count). The Kier molecular flexibility index (Phi) is 5.98. The SMILES string of the molecule is CCN(CC)S(=O)(=O)N1CCCC(c2cc(-c3cnn(C)c3)cc(C)n2)C1. The van der Waals surface area contributed by atoms with Gasteiger partial charge in [-0.25, -0.2) is 0 Å². The van der Waals surface area contributed by atoms with Crippen molar-refractivity contribution in [3.63, 3.8) is 0 Å². The molecule has 148 valence electrons. The molecule has 27 heavy (non-hydrogen) atoms. The summed E-state index contributed by atoms with van der Waals surface area (Å²) in [6.07, 6.45) is 5.63. The molecule has 0 aromatic carbocycles. The number of piperidine rings is 1. The highest BCUT2D eigenvalue weighted by Crippen LogP contribution is 2.31. The predicted molar refractivity (Wildman–Crippen MR) is 107 cm³/mol. The van der Waals surface area contributed by atoms with Crippen LogP contribution in [0.2, 0.25) is 0 Å². The lowest BCUT2D eigenvalue weighted by Crippen LogP contribution is -2.47. The third-order valence-corrected chi connectivity index (χ3v) is 7.33. The lowest BCUT2D eigenvalue weighted by Gasteiger charge is -2.35. The van der Waals surface area contributed by atoms with Gasteiger partial charge in [0.2, 0.25) is 0 Å². The first-order valence-electron chi connectivity index (χ1n) is 9.58. The fraction of sp³-hybridized carbons (Fsp3) is 0.579. The van der Waals surface area contributed by atoms with Gasteiger partial charge in [-0.1, -0.05) is 13.8 Å². The van der Waals surface area contributed by atoms with E-state index in [1.54, 1.807) is 8.99 Å². The summed E-state index contributed by atoms with van der Waals surface area (Å²) < 4.78 is 30.7. The molecule has 1 aliphatic rings. The van der Waals surface area contributed by atoms with Gasteiger partial charge in [-0.05, 0) is 37.5 Å². The second kappa shape index (κ2) is 8.08. The summed E-state index contributed by atoms with van der Waals surface area (Å²) in [5.74, 6) is 0.111. The van der Waals surface area contributed by atoms with Crippen molar-refractivity contribution in [1.82, 2.24) is 23.4 Å². The van der Waals surface area contributed by atoms with E-state index in [-0.39, 0.29) is 5.92 Å². The number of pyridine rings is 1. The van der Waals surface area contributed by atoms with Crippen molar-refractivity contribution in [3.8, 4) is 11.1 Å². The lowest BCUT2D eigenvalue weighted by molar-refractivity contribution is 0.285. The van der Waals surface area contributed by atoms with Crippen LogP contribution in [0.1, 0.15) is 44.0 Å². The normalized spacial score (nSPS) is 18.9. The fourth-order valence-electron chi connectivity index (χ4n) is 3.75. The van der Waals surface area contributed by atoms with Crippen LogP contribution < -0.4 is 0 Å². The molecule has 0 bridgehead atoms. The zero-order valence-corrected chi connectivity index (χ0v) is 17.4. The molecule has 1 aliphatic heterocycles. The van der Waals surface area contributed by atoms with Crippen molar-refractivity contribution in [2.24, 2.45) is 7.05 Å². The van der Waals surface area contributed by atoms with Gasteiger partial charge >= 0.3 is 0 Å². The quantitative estimate of drug-likeness (QED) is 0.759. The molecule has 1 atom stereocenters. The van der Waals surface area contributed by atoms with Crippen LogP contribution in [0.15, 0.2) is 24.5 Å². The van der Waals surface area contributed by atoms with Gasteiger partial charge in [0, 0.05) is 62.3 Å². The van der Waals surface area contributed by atoms with Gasteiger partial charge in [-0.2, -0.15) is 22.1 Å². The number of rotatable bonds is 6. The molecule has 0 amide bonds. The first-order chi connectivity index (χ1) is 12.8. The zero-order chi connectivity index (χ0) is 19.6. The summed E-state index contributed by atoms with van der Waals surface area (Å²) >= 11 is 0. The molecule has 8 heteroatoms. The Bertz CT molecular complexity index is 889. The Balaban J connectivity index is 1.87. The summed E-state index contributed by atoms with van der Waals surface area (Å²) in [5.41, 5.74) is 4.03. The average Bonchev–Trinajstić information content (AvgIpc) is 3.08. The van der Waals surface area contributed by atoms with Crippen LogP contribution in [0.5, 0.6) is 0 Å². The molecule has 0 radical (unpaired) electrons. The van der Waals surface area contributed by atoms with Crippen LogP contribution in [-0.2, 0) is 17.3 Å². The van der Waals surface area contributed by atoms with Gasteiger partial charge in [-0.15, -0.1) is 0 Å². The summed E-state index contributed by atoms with van der Waals surface area (Å²) in [7, 11) is -1.51. The highest BCUT2D eigenvalue weighted by Gasteiger charge is 2.33. The highest BCUT2D eigenvalue weighted by molar-refractivity contribution is 7.86. The van der Waals surface area contributed by atoms with Crippen LogP contribution in [0.4, 0.5) is 0 Å². The maximum Gasteiger partial charge on any atom is 0.281 e. The van der Waals surface area contributed by atoms with Gasteiger partial charge < -0.3 is 0 Å². The minimum Gasteiger partial charge on any atom is -0.275 e. The van der Waals surface area contributed by atoms with Gasteiger partial charge in [0.1, 0.15) is 0 Å². The van der Waals surface area contributed by atoms with Crippen molar-refractivity contribution in [3.05, 3.63) is 35.9 Å². The molecule has 2 aromatic heterocycles. The van der Waals surface area contributed by atoms with E-state index < -0.39 is 10.2 Å². The Morgan fingerprint density at radius 2 is 1.96 bits per heavy atom. The summed E-state index contributed by atoms with van der Waals surface area (Å²) in [4.78, 5) is 4.73. The smallest absolute Gasteiger partial charge is 0.275 e. The largest absolute Gasteiger partial charge is 0.281 e. The molecular formula is C19H29N5O2S. The van der Waals surface area contributed by atoms with E-state index >= 15 is 0 Å². The van der Waals surface area contributed by atoms with E-state index in [1.807, 2.05) is 46.3 Å². The molecule has 3 heterocycles. The molecule has 2 aromatic rings. The van der Waals surface area contributed by atoms with Gasteiger partial charge in [0.15, 0.2) is 0 Å². The minimum atomic E-state index is -3.41. The Morgan fingerprint density at radius 1 is 1.22 bits per heavy atom. The fourth-order valence-corrected chi connectivity index (χ4v) is 5.45. The highest BCUT2D eigenvalue weighted by atomic mass is 32.2. The molecule has 0 aliphatic carbocycles. The van der Waals surface area contributed by atoms with Crippen LogP contribution in [0.25, 0.3) is 11.1 Å². The molecule has 1 fully saturated rings. The van der Waals surface area contributed by atoms with Crippen LogP contribution in [-0.4, -0.2) is 58.0 Å². The van der Waals surface area contributed by atoms with Crippen LogP contribution in [0.3, 0.4) is 0 Å². The Labute approximate surface area is 162 Å². The van der Waals surface area contributed by atoms with E-state index in [2.05, 4.69) is 11.2 Å². The van der Waals surface area contributed by atoms with Gasteiger partial charge in [-0.3, -0.25) is 9.67 Å². The van der Waals surface area contributed by atoms with Crippen molar-refractivity contribution in [2.75, 3.05) is 26.2 Å². The van der Waals surface area contributed by atoms with Crippen LogP contribution in [0, 0.1) is 6.92 Å². The third-order valence-electron chi connectivity index (χ3n) is 5.17. The topological polar surface area (TPSA) is 71.3 Å². The molecule has 1 unspecified atom stereocenters. The number of hydrogen-bond acceptors (Lipinski definition) is 4. The second-order valence-electron chi connectivity index (χ2n) is 7.11. The van der Waals surface area contributed by atoms with Crippen molar-refractivity contribution in [2.45, 2.75) is 39.5 Å². The Morgan fingerprint density at radius 3 is 2.59 bits per heavy atom. The number of nitrogens with zero attached hydrogens (tertiary/aromatic N) is 5. The van der Waals surface area contributed by atoms with Crippen molar-refractivity contribution >= 4 is 10.2 Å². The summed E-state index contributed by atoms with van der Waals surface area (Å²) in [6.45, 7) is 7.80. The van der Waals surface area contributed by atoms with Crippen molar-refractivity contribution in [1.29, 1.82) is 0 Å². The Hall–Kier alpha value is -1.77. The zero-order valence-electron chi connectivity index (χ0n) is 16.6. The van der Waals surface area contributed by atoms with Gasteiger partial charge in [0.05, 0.1) is 6.20 Å². The molecule has 1 saturated heterocycles. The lowest BCUT2D eigenvalue weighted by atomic mass is 9.93. The first kappa shape index (κ1) is 20.0. The standard InChI is InChI=1S/C19H29N5O2S/c1-5-23(6-2)27(25,26)24-9-7-8-16(14-24)19-11-17(10-15(3)21-19)18-12-20-22(4)13-18/h10-13,16H,5-9,14H2,1-4H3. The van der Waals surface area contributed by atoms with Crippen LogP contribution >= 0.6 is 0 Å². The third kappa shape index (κ3) is 4.23. The number of aromatic nitrogens is 3. The average molecular weight is 392 g/mol. The summed E-state index contributed by atoms with van der Waals surface area (Å²) in [5, 5.41) is 4.25. The molecule has 0 spiro atoms. The second-order valence-corrected chi connectivity index (χ2v) is 9.04. The number of hydrogen-bond donors (Lipinski definition) is 0. The van der Waals surface area contributed by atoms with Crippen molar-refractivity contribution < 1.29 is 8.42 Å². The van der Waals surface area contributed by atoms with E-state index in [1.165, 1.54) is 4.31 Å². The van der Waals surface area contributed by atoms with E-state index in [0.717, 1.165) is 35.4 Å². The van der Waals surface area contributed by atoms with Gasteiger partial charge in [0.25, 0.3) is 10.2 Å². The molecule has 7 nitrogen and oxygen atoms in total. The van der Waals surface area contributed by atoms with E-state index in [9.17, 15) is 8.42 Å². The monoisotopic (exact) mass is 391 g/mol. The maximum atomic E-state index is 12.9. The van der Waals surface area contributed by atoms with E-state index in [4.69, 9.17) is 4.98 Å². The minimum absolute atomic E-state index is 0.111. The first-order valence-corrected chi connectivity index (χ1v) is 11.0. The number of aryl methyl sites for hydroxylation is 2. The maximum absolute atomic E-state index is 12.9. The van der Waals surface area contributed by atoms with E-state index in [0.29, 0.717) is 26.2 Å². The summed E-state index contributed by atoms with van der Waals surface area (Å²) in [6, 6.07) is 4.13. The molecule has 0 saturated carbocycles.